The number of nitrogens with one attached hydrogen (secondary N) is 2. The Hall–Kier alpha value is -2.44. The lowest BCUT2D eigenvalue weighted by Crippen LogP contribution is -2.29. The molecule has 7 nitrogen and oxygen atoms in total. The Morgan fingerprint density at radius 3 is 2.09 bits per heavy atom. The minimum atomic E-state index is -0.396. The molecule has 1 aromatic rings. The molecule has 7 heteroatoms. The predicted molar refractivity (Wildman–Crippen MR) is 80.5 cm³/mol. The van der Waals surface area contributed by atoms with Gasteiger partial charge in [0, 0.05) is 23.9 Å². The summed E-state index contributed by atoms with van der Waals surface area (Å²) >= 11 is 0. The van der Waals surface area contributed by atoms with Gasteiger partial charge < -0.3 is 24.8 Å². The lowest BCUT2D eigenvalue weighted by Gasteiger charge is -2.14. The Bertz CT molecular complexity index is 544. The molecule has 1 aliphatic rings. The van der Waals surface area contributed by atoms with E-state index in [4.69, 9.17) is 14.2 Å². The van der Waals surface area contributed by atoms with E-state index in [2.05, 4.69) is 10.6 Å². The van der Waals surface area contributed by atoms with Gasteiger partial charge in [-0.05, 0) is 12.8 Å². The van der Waals surface area contributed by atoms with E-state index in [9.17, 15) is 9.59 Å². The fraction of sp³-hybridized carbons (Fsp3) is 0.467. The van der Waals surface area contributed by atoms with Crippen molar-refractivity contribution < 1.29 is 23.8 Å². The average Bonchev–Trinajstić information content (AvgIpc) is 3.29. The number of amides is 2. The van der Waals surface area contributed by atoms with Gasteiger partial charge in [-0.25, -0.2) is 0 Å². The number of ether oxygens (including phenoxy) is 3. The van der Waals surface area contributed by atoms with Crippen LogP contribution in [0.25, 0.3) is 0 Å². The molecule has 0 aliphatic heterocycles. The Morgan fingerprint density at radius 1 is 1.05 bits per heavy atom. The third-order valence-corrected chi connectivity index (χ3v) is 3.21. The molecule has 1 fully saturated rings. The van der Waals surface area contributed by atoms with E-state index in [0.29, 0.717) is 22.9 Å². The molecule has 0 heterocycles. The van der Waals surface area contributed by atoms with Gasteiger partial charge in [0.2, 0.25) is 17.6 Å². The summed E-state index contributed by atoms with van der Waals surface area (Å²) in [6.45, 7) is 0. The molecule has 2 amide bonds. The Balaban J connectivity index is 2.04. The molecule has 1 saturated carbocycles. The Labute approximate surface area is 128 Å². The Kier molecular flexibility index (Phi) is 5.08. The van der Waals surface area contributed by atoms with Crippen LogP contribution in [0.1, 0.15) is 19.3 Å². The van der Waals surface area contributed by atoms with Crippen LogP contribution >= 0.6 is 0 Å². The van der Waals surface area contributed by atoms with E-state index in [1.54, 1.807) is 12.1 Å². The van der Waals surface area contributed by atoms with Crippen molar-refractivity contribution in [1.82, 2.24) is 5.32 Å². The highest BCUT2D eigenvalue weighted by molar-refractivity contribution is 6.03. The van der Waals surface area contributed by atoms with Crippen LogP contribution in [0.5, 0.6) is 17.2 Å². The lowest BCUT2D eigenvalue weighted by molar-refractivity contribution is -0.126. The SMILES string of the molecule is COc1cc(NC(=O)CC(=O)NC2CC2)cc(OC)c1OC. The monoisotopic (exact) mass is 308 g/mol. The van der Waals surface area contributed by atoms with Crippen molar-refractivity contribution in [3.05, 3.63) is 12.1 Å². The van der Waals surface area contributed by atoms with E-state index in [0.717, 1.165) is 12.8 Å². The first-order valence-electron chi connectivity index (χ1n) is 6.96. The minimum absolute atomic E-state index is 0.215. The van der Waals surface area contributed by atoms with Crippen molar-refractivity contribution in [2.45, 2.75) is 25.3 Å². The van der Waals surface area contributed by atoms with Crippen LogP contribution < -0.4 is 24.8 Å². The normalized spacial score (nSPS) is 13.2. The molecule has 0 unspecified atom stereocenters. The fourth-order valence-corrected chi connectivity index (χ4v) is 2.01. The quantitative estimate of drug-likeness (QED) is 0.742. The summed E-state index contributed by atoms with van der Waals surface area (Å²) in [7, 11) is 4.48. The molecule has 0 bridgehead atoms. The van der Waals surface area contributed by atoms with Gasteiger partial charge in [-0.1, -0.05) is 0 Å². The van der Waals surface area contributed by atoms with Gasteiger partial charge in [0.15, 0.2) is 11.5 Å². The highest BCUT2D eigenvalue weighted by Crippen LogP contribution is 2.39. The second kappa shape index (κ2) is 7.02. The summed E-state index contributed by atoms with van der Waals surface area (Å²) in [6, 6.07) is 3.46. The zero-order valence-electron chi connectivity index (χ0n) is 12.9. The number of hydrogen-bond acceptors (Lipinski definition) is 5. The van der Waals surface area contributed by atoms with E-state index in [1.165, 1.54) is 21.3 Å². The predicted octanol–water partition coefficient (Wildman–Crippen LogP) is 1.32. The van der Waals surface area contributed by atoms with Gasteiger partial charge in [-0.2, -0.15) is 0 Å². The number of rotatable bonds is 7. The van der Waals surface area contributed by atoms with Crippen LogP contribution in [0.15, 0.2) is 12.1 Å². The molecular weight excluding hydrogens is 288 g/mol. The van der Waals surface area contributed by atoms with Gasteiger partial charge >= 0.3 is 0 Å². The molecular formula is C15H20N2O5. The molecule has 0 atom stereocenters. The number of carbonyl (C=O) groups excluding carboxylic acids is 2. The fourth-order valence-electron chi connectivity index (χ4n) is 2.01. The van der Waals surface area contributed by atoms with Crippen molar-refractivity contribution in [3.8, 4) is 17.2 Å². The third-order valence-electron chi connectivity index (χ3n) is 3.21. The Morgan fingerprint density at radius 2 is 1.64 bits per heavy atom. The lowest BCUT2D eigenvalue weighted by atomic mass is 10.2. The molecule has 2 rings (SSSR count). The smallest absolute Gasteiger partial charge is 0.233 e. The van der Waals surface area contributed by atoms with E-state index in [-0.39, 0.29) is 18.4 Å². The van der Waals surface area contributed by atoms with Gasteiger partial charge in [0.1, 0.15) is 6.42 Å². The molecule has 0 aromatic heterocycles. The maximum Gasteiger partial charge on any atom is 0.233 e. The van der Waals surface area contributed by atoms with E-state index >= 15 is 0 Å². The first-order valence-corrected chi connectivity index (χ1v) is 6.96. The van der Waals surface area contributed by atoms with Gasteiger partial charge in [0.25, 0.3) is 0 Å². The number of carbonyl (C=O) groups is 2. The van der Waals surface area contributed by atoms with Crippen molar-refractivity contribution in [3.63, 3.8) is 0 Å². The molecule has 0 saturated heterocycles. The van der Waals surface area contributed by atoms with Gasteiger partial charge in [-0.3, -0.25) is 9.59 Å². The standard InChI is InChI=1S/C15H20N2O5/c1-20-11-6-10(7-12(21-2)15(11)22-3)17-14(19)8-13(18)16-9-4-5-9/h6-7,9H,4-5,8H2,1-3H3,(H,16,18)(H,17,19). The second-order valence-corrected chi connectivity index (χ2v) is 4.98. The largest absolute Gasteiger partial charge is 0.493 e. The zero-order valence-corrected chi connectivity index (χ0v) is 12.9. The van der Waals surface area contributed by atoms with Crippen LogP contribution in [-0.4, -0.2) is 39.2 Å². The first kappa shape index (κ1) is 15.9. The summed E-state index contributed by atoms with van der Waals surface area (Å²) in [5, 5.41) is 5.42. The van der Waals surface area contributed by atoms with Crippen LogP contribution in [-0.2, 0) is 9.59 Å². The van der Waals surface area contributed by atoms with Crippen LogP contribution in [0.3, 0.4) is 0 Å². The van der Waals surface area contributed by atoms with Gasteiger partial charge in [0.05, 0.1) is 21.3 Å². The summed E-state index contributed by atoms with van der Waals surface area (Å²) in [5.41, 5.74) is 0.471. The molecule has 0 radical (unpaired) electrons. The number of methoxy groups -OCH3 is 3. The first-order chi connectivity index (χ1) is 10.6. The zero-order chi connectivity index (χ0) is 16.1. The number of benzene rings is 1. The second-order valence-electron chi connectivity index (χ2n) is 4.98. The highest BCUT2D eigenvalue weighted by Gasteiger charge is 2.24. The van der Waals surface area contributed by atoms with Crippen molar-refractivity contribution in [2.24, 2.45) is 0 Å². The summed E-state index contributed by atoms with van der Waals surface area (Å²) in [4.78, 5) is 23.5. The number of anilines is 1. The molecule has 22 heavy (non-hydrogen) atoms. The number of hydrogen-bond donors (Lipinski definition) is 2. The minimum Gasteiger partial charge on any atom is -0.493 e. The molecule has 120 valence electrons. The average molecular weight is 308 g/mol. The maximum atomic E-state index is 11.9. The van der Waals surface area contributed by atoms with Crippen LogP contribution in [0, 0.1) is 0 Å². The van der Waals surface area contributed by atoms with Crippen molar-refractivity contribution in [1.29, 1.82) is 0 Å². The topological polar surface area (TPSA) is 85.9 Å². The molecule has 2 N–H and O–H groups in total. The highest BCUT2D eigenvalue weighted by atomic mass is 16.5. The van der Waals surface area contributed by atoms with E-state index < -0.39 is 5.91 Å². The maximum absolute atomic E-state index is 11.9. The molecule has 1 aromatic carbocycles. The molecule has 0 spiro atoms. The van der Waals surface area contributed by atoms with Crippen LogP contribution in [0.4, 0.5) is 5.69 Å². The van der Waals surface area contributed by atoms with Gasteiger partial charge in [-0.15, -0.1) is 0 Å². The summed E-state index contributed by atoms with van der Waals surface area (Å²) in [6.07, 6.45) is 1.76. The van der Waals surface area contributed by atoms with Crippen molar-refractivity contribution in [2.75, 3.05) is 26.6 Å². The molecule has 1 aliphatic carbocycles. The summed E-state index contributed by atoms with van der Waals surface area (Å²) in [5.74, 6) is 0.633. The van der Waals surface area contributed by atoms with Crippen LogP contribution in [0.2, 0.25) is 0 Å². The van der Waals surface area contributed by atoms with Crippen molar-refractivity contribution >= 4 is 17.5 Å². The third kappa shape index (κ3) is 4.03. The summed E-state index contributed by atoms with van der Waals surface area (Å²) < 4.78 is 15.6. The van der Waals surface area contributed by atoms with E-state index in [1.807, 2.05) is 0 Å².